The molecule has 0 bridgehead atoms. The van der Waals surface area contributed by atoms with Crippen molar-refractivity contribution in [3.8, 4) is 5.75 Å². The Morgan fingerprint density at radius 1 is 0.717 bits per heavy atom. The molecule has 7 amide bonds. The summed E-state index contributed by atoms with van der Waals surface area (Å²) < 4.78 is 5.35. The van der Waals surface area contributed by atoms with Crippen molar-refractivity contribution in [1.29, 1.82) is 0 Å². The minimum Gasteiger partial charge on any atom is -0.508 e. The smallest absolute Gasteiger partial charge is 0.329 e. The maximum absolute atomic E-state index is 13.8. The van der Waals surface area contributed by atoms with Crippen LogP contribution in [0.2, 0.25) is 0 Å². The zero-order valence-corrected chi connectivity index (χ0v) is 30.2. The van der Waals surface area contributed by atoms with Crippen LogP contribution < -0.4 is 37.6 Å². The van der Waals surface area contributed by atoms with Crippen LogP contribution in [0.3, 0.4) is 0 Å². The number of hydrogen-bond acceptors (Lipinski definition) is 13. The lowest BCUT2D eigenvalue weighted by Crippen LogP contribution is -2.62. The molecule has 2 rings (SSSR count). The van der Waals surface area contributed by atoms with Crippen molar-refractivity contribution < 1.29 is 63.5 Å². The number of aromatic hydroxyl groups is 1. The van der Waals surface area contributed by atoms with E-state index in [4.69, 9.17) is 10.5 Å². The molecule has 20 heteroatoms. The lowest BCUT2D eigenvalue weighted by molar-refractivity contribution is -0.160. The molecule has 0 radical (unpaired) electrons. The summed E-state index contributed by atoms with van der Waals surface area (Å²) in [4.78, 5) is 106. The minimum atomic E-state index is -1.84. The van der Waals surface area contributed by atoms with E-state index >= 15 is 0 Å². The maximum atomic E-state index is 13.8. The number of nitrogens with two attached hydrogens (primary N) is 1. The number of phenols is 1. The van der Waals surface area contributed by atoms with Gasteiger partial charge < -0.3 is 62.8 Å². The number of carbonyl (C=O) groups is 8. The van der Waals surface area contributed by atoms with E-state index < -0.39 is 120 Å². The minimum absolute atomic E-state index is 0.120. The van der Waals surface area contributed by atoms with E-state index in [0.29, 0.717) is 5.56 Å². The van der Waals surface area contributed by atoms with E-state index in [1.54, 1.807) is 0 Å². The predicted octanol–water partition coefficient (Wildman–Crippen LogP) is -4.39. The first-order valence-corrected chi connectivity index (χ1v) is 16.6. The fraction of sp³-hybridized carbons (Fsp3) is 0.576. The van der Waals surface area contributed by atoms with Crippen molar-refractivity contribution in [2.45, 2.75) is 121 Å². The highest BCUT2D eigenvalue weighted by Crippen LogP contribution is 2.14. The molecule has 0 aromatic heterocycles. The van der Waals surface area contributed by atoms with E-state index in [1.807, 2.05) is 0 Å². The molecule has 1 aliphatic heterocycles. The Labute approximate surface area is 305 Å². The number of benzene rings is 1. The second-order valence-electron chi connectivity index (χ2n) is 13.7. The molecular formula is C33H49N7O13. The van der Waals surface area contributed by atoms with Gasteiger partial charge in [-0.05, 0) is 59.2 Å². The highest BCUT2D eigenvalue weighted by atomic mass is 16.6. The predicted molar refractivity (Wildman–Crippen MR) is 183 cm³/mol. The van der Waals surface area contributed by atoms with Crippen molar-refractivity contribution in [1.82, 2.24) is 31.9 Å². The molecule has 1 heterocycles. The summed E-state index contributed by atoms with van der Waals surface area (Å²) in [5.41, 5.74) is 4.58. The molecule has 2 unspecified atom stereocenters. The van der Waals surface area contributed by atoms with Crippen LogP contribution in [0, 0.1) is 0 Å². The van der Waals surface area contributed by atoms with Gasteiger partial charge in [0.15, 0.2) is 0 Å². The van der Waals surface area contributed by atoms with Crippen LogP contribution in [0.25, 0.3) is 0 Å². The number of ether oxygens (including phenoxy) is 1. The molecule has 0 aliphatic carbocycles. The maximum Gasteiger partial charge on any atom is 0.329 e. The zero-order valence-electron chi connectivity index (χ0n) is 30.2. The topological polar surface area (TPSA) is 325 Å². The van der Waals surface area contributed by atoms with E-state index in [9.17, 15) is 58.8 Å². The number of hydrogen-bond donors (Lipinski definition) is 11. The van der Waals surface area contributed by atoms with Gasteiger partial charge in [-0.1, -0.05) is 12.1 Å². The Morgan fingerprint density at radius 2 is 1.15 bits per heavy atom. The Bertz CT molecular complexity index is 1530. The normalized spacial score (nSPS) is 26.0. The van der Waals surface area contributed by atoms with Gasteiger partial charge in [0, 0.05) is 6.42 Å². The largest absolute Gasteiger partial charge is 0.508 e. The monoisotopic (exact) mass is 751 g/mol. The fourth-order valence-corrected chi connectivity index (χ4v) is 4.98. The van der Waals surface area contributed by atoms with Gasteiger partial charge in [-0.3, -0.25) is 33.6 Å². The van der Waals surface area contributed by atoms with Gasteiger partial charge in [0.25, 0.3) is 0 Å². The molecule has 0 spiro atoms. The summed E-state index contributed by atoms with van der Waals surface area (Å²) in [7, 11) is 0. The van der Waals surface area contributed by atoms with Gasteiger partial charge in [-0.2, -0.15) is 0 Å². The lowest BCUT2D eigenvalue weighted by atomic mass is 10.0. The van der Waals surface area contributed by atoms with Gasteiger partial charge in [-0.25, -0.2) is 4.79 Å². The second-order valence-corrected chi connectivity index (χ2v) is 13.7. The molecule has 1 aliphatic rings. The molecule has 53 heavy (non-hydrogen) atoms. The standard InChI is InChI=1S/C33H49N7O13/c1-14(41)24-31(51)40-26(16(3)43)29(49)36-20(12-22(34)45)27(47)35-19(11-17-7-9-18(44)10-8-17)28(48)39-25(15(2)42)30(50)37-21(13-23(46)38-24)32(52)53-33(4,5)6/h7-10,14-16,19-21,24-26,41-44H,11-13H2,1-6H3,(H2,34,45)(H,35,47)(H,36,49)(H,37,50)(H,38,46)(H,39,48)(H,40,51)/t14-,15-,16-,19+,20+,21-,24+,25?,26?/m1/s1. The highest BCUT2D eigenvalue weighted by molar-refractivity contribution is 5.99. The summed E-state index contributed by atoms with van der Waals surface area (Å²) in [5.74, 6) is -9.21. The van der Waals surface area contributed by atoms with E-state index in [2.05, 4.69) is 31.9 Å². The number of phenolic OH excluding ortho intramolecular Hbond substituents is 1. The number of amides is 7. The van der Waals surface area contributed by atoms with Crippen molar-refractivity contribution in [2.24, 2.45) is 5.73 Å². The quantitative estimate of drug-likeness (QED) is 0.112. The average Bonchev–Trinajstić information content (AvgIpc) is 3.02. The van der Waals surface area contributed by atoms with Crippen molar-refractivity contribution in [3.63, 3.8) is 0 Å². The first-order valence-electron chi connectivity index (χ1n) is 16.6. The molecule has 0 saturated carbocycles. The number of rotatable bonds is 8. The van der Waals surface area contributed by atoms with Crippen molar-refractivity contribution in [2.75, 3.05) is 0 Å². The summed E-state index contributed by atoms with van der Waals surface area (Å²) in [6.45, 7) is 7.87. The van der Waals surface area contributed by atoms with Gasteiger partial charge in [0.05, 0.1) is 31.2 Å². The van der Waals surface area contributed by atoms with Crippen LogP contribution in [0.1, 0.15) is 59.9 Å². The zero-order chi connectivity index (χ0) is 40.4. The molecule has 1 fully saturated rings. The van der Waals surface area contributed by atoms with Gasteiger partial charge >= 0.3 is 5.97 Å². The van der Waals surface area contributed by atoms with Crippen LogP contribution in [0.4, 0.5) is 0 Å². The molecule has 9 atom stereocenters. The Kier molecular flexibility index (Phi) is 15.7. The number of aliphatic hydroxyl groups excluding tert-OH is 3. The average molecular weight is 752 g/mol. The fourth-order valence-electron chi connectivity index (χ4n) is 4.98. The first kappa shape index (κ1) is 43.8. The summed E-state index contributed by atoms with van der Waals surface area (Å²) >= 11 is 0. The summed E-state index contributed by atoms with van der Waals surface area (Å²) in [5, 5.41) is 54.5. The SMILES string of the molecule is C[C@@H](O)C1NC(=O)[C@H](Cc2ccc(O)cc2)NC(=O)[C@H](CC(N)=O)NC(=O)C([C@@H](C)O)NC(=O)[C@H]([C@@H](C)O)NC(=O)C[C@H](C(=O)OC(C)(C)C)NC1=O. The molecule has 1 saturated heterocycles. The Morgan fingerprint density at radius 3 is 1.64 bits per heavy atom. The number of nitrogens with one attached hydrogen (secondary N) is 6. The number of aliphatic hydroxyl groups is 3. The van der Waals surface area contributed by atoms with Gasteiger partial charge in [0.2, 0.25) is 41.4 Å². The Hall–Kier alpha value is -5.34. The third kappa shape index (κ3) is 14.0. The molecule has 294 valence electrons. The van der Waals surface area contributed by atoms with Crippen LogP contribution in [0.15, 0.2) is 24.3 Å². The third-order valence-corrected chi connectivity index (χ3v) is 7.65. The molecule has 1 aromatic rings. The third-order valence-electron chi connectivity index (χ3n) is 7.65. The number of esters is 1. The summed E-state index contributed by atoms with van der Waals surface area (Å²) in [6, 6.07) is -5.23. The molecule has 20 nitrogen and oxygen atoms in total. The first-order chi connectivity index (χ1) is 24.5. The van der Waals surface area contributed by atoms with Crippen LogP contribution >= 0.6 is 0 Å². The molecule has 1 aromatic carbocycles. The number of primary amides is 1. The van der Waals surface area contributed by atoms with E-state index in [-0.39, 0.29) is 12.2 Å². The van der Waals surface area contributed by atoms with Crippen LogP contribution in [-0.4, -0.2) is 128 Å². The summed E-state index contributed by atoms with van der Waals surface area (Å²) in [6.07, 6.45) is -6.96. The van der Waals surface area contributed by atoms with Gasteiger partial charge in [-0.15, -0.1) is 0 Å². The number of carbonyl (C=O) groups excluding carboxylic acids is 8. The van der Waals surface area contributed by atoms with E-state index in [1.165, 1.54) is 45.0 Å². The van der Waals surface area contributed by atoms with Crippen molar-refractivity contribution in [3.05, 3.63) is 29.8 Å². The Balaban J connectivity index is 2.71. The lowest BCUT2D eigenvalue weighted by Gasteiger charge is -2.28. The van der Waals surface area contributed by atoms with Crippen LogP contribution in [-0.2, 0) is 49.5 Å². The van der Waals surface area contributed by atoms with E-state index in [0.717, 1.165) is 20.8 Å². The molecule has 12 N–H and O–H groups in total. The van der Waals surface area contributed by atoms with Gasteiger partial charge in [0.1, 0.15) is 47.6 Å². The van der Waals surface area contributed by atoms with Crippen LogP contribution in [0.5, 0.6) is 5.75 Å². The van der Waals surface area contributed by atoms with Crippen molar-refractivity contribution >= 4 is 47.3 Å². The molecular weight excluding hydrogens is 702 g/mol. The highest BCUT2D eigenvalue weighted by Gasteiger charge is 2.38. The second kappa shape index (κ2) is 18.9.